The van der Waals surface area contributed by atoms with Crippen LogP contribution >= 0.6 is 22.6 Å². The number of ether oxygens (including phenoxy) is 2. The summed E-state index contributed by atoms with van der Waals surface area (Å²) < 4.78 is 12.1. The number of benzene rings is 1. The molecule has 0 aliphatic carbocycles. The molecule has 88 valence electrons. The Morgan fingerprint density at radius 1 is 1.44 bits per heavy atom. The van der Waals surface area contributed by atoms with E-state index in [1.807, 2.05) is 13.0 Å². The Morgan fingerprint density at radius 3 is 2.94 bits per heavy atom. The smallest absolute Gasteiger partial charge is 0.199 e. The molecule has 0 aromatic heterocycles. The van der Waals surface area contributed by atoms with Gasteiger partial charge in [0, 0.05) is 6.42 Å². The molecule has 0 radical (unpaired) electrons. The van der Waals surface area contributed by atoms with Crippen molar-refractivity contribution in [2.75, 3.05) is 6.61 Å². The van der Waals surface area contributed by atoms with Gasteiger partial charge in [0.25, 0.3) is 0 Å². The molecule has 1 heterocycles. The first kappa shape index (κ1) is 12.0. The van der Waals surface area contributed by atoms with Crippen molar-refractivity contribution in [3.8, 4) is 11.5 Å². The zero-order valence-electron chi connectivity index (χ0n) is 9.20. The average molecular weight is 334 g/mol. The fraction of sp³-hybridized carbons (Fsp3) is 0.500. The van der Waals surface area contributed by atoms with Gasteiger partial charge in [-0.25, -0.2) is 0 Å². The van der Waals surface area contributed by atoms with E-state index in [4.69, 9.17) is 9.47 Å². The van der Waals surface area contributed by atoms with Crippen molar-refractivity contribution in [2.45, 2.75) is 32.5 Å². The van der Waals surface area contributed by atoms with E-state index >= 15 is 0 Å². The second kappa shape index (κ2) is 5.23. The number of rotatable bonds is 2. The van der Waals surface area contributed by atoms with Gasteiger partial charge >= 0.3 is 0 Å². The first-order chi connectivity index (χ1) is 7.68. The molecule has 2 rings (SSSR count). The molecule has 0 saturated carbocycles. The highest BCUT2D eigenvalue weighted by molar-refractivity contribution is 14.1. The number of halogens is 1. The predicted octanol–water partition coefficient (Wildman–Crippen LogP) is 3.21. The monoisotopic (exact) mass is 334 g/mol. The van der Waals surface area contributed by atoms with Crippen molar-refractivity contribution in [3.63, 3.8) is 0 Å². The molecule has 4 heteroatoms. The molecule has 3 nitrogen and oxygen atoms in total. The summed E-state index contributed by atoms with van der Waals surface area (Å²) in [5, 5.41) is 9.63. The largest absolute Gasteiger partial charge is 0.507 e. The summed E-state index contributed by atoms with van der Waals surface area (Å²) in [4.78, 5) is 0. The molecular formula is C12H15IO3. The minimum atomic E-state index is -0.164. The Morgan fingerprint density at radius 2 is 2.25 bits per heavy atom. The van der Waals surface area contributed by atoms with Crippen molar-refractivity contribution in [3.05, 3.63) is 21.3 Å². The molecule has 1 saturated heterocycles. The number of phenolic OH excluding ortho intramolecular Hbond substituents is 1. The topological polar surface area (TPSA) is 38.7 Å². The number of phenols is 1. The maximum atomic E-state index is 9.63. The number of aromatic hydroxyl groups is 1. The van der Waals surface area contributed by atoms with Gasteiger partial charge in [0.05, 0.1) is 10.2 Å². The quantitative estimate of drug-likeness (QED) is 0.844. The Hall–Kier alpha value is -0.490. The molecule has 1 aromatic carbocycles. The molecular weight excluding hydrogens is 319 g/mol. The van der Waals surface area contributed by atoms with Gasteiger partial charge in [0.2, 0.25) is 0 Å². The first-order valence-corrected chi connectivity index (χ1v) is 6.52. The molecule has 1 aromatic rings. The molecule has 16 heavy (non-hydrogen) atoms. The van der Waals surface area contributed by atoms with Crippen LogP contribution in [0.3, 0.4) is 0 Å². The molecule has 1 fully saturated rings. The van der Waals surface area contributed by atoms with Gasteiger partial charge in [-0.3, -0.25) is 0 Å². The number of hydrogen-bond acceptors (Lipinski definition) is 3. The van der Waals surface area contributed by atoms with Crippen LogP contribution in [0.4, 0.5) is 0 Å². The van der Waals surface area contributed by atoms with Gasteiger partial charge in [-0.1, -0.05) is 6.07 Å². The second-order valence-corrected chi connectivity index (χ2v) is 5.04. The van der Waals surface area contributed by atoms with Crippen LogP contribution in [0.1, 0.15) is 24.8 Å². The van der Waals surface area contributed by atoms with E-state index in [1.54, 1.807) is 6.07 Å². The molecule has 1 atom stereocenters. The summed E-state index contributed by atoms with van der Waals surface area (Å²) in [7, 11) is 0. The third-order valence-corrected chi connectivity index (χ3v) is 3.70. The molecule has 0 bridgehead atoms. The average Bonchev–Trinajstić information content (AvgIpc) is 2.31. The molecule has 1 aliphatic rings. The van der Waals surface area contributed by atoms with Crippen molar-refractivity contribution in [2.24, 2.45) is 0 Å². The van der Waals surface area contributed by atoms with Gasteiger partial charge in [-0.2, -0.15) is 0 Å². The maximum absolute atomic E-state index is 9.63. The lowest BCUT2D eigenvalue weighted by Gasteiger charge is -2.25. The highest BCUT2D eigenvalue weighted by Gasteiger charge is 2.18. The van der Waals surface area contributed by atoms with E-state index in [9.17, 15) is 5.11 Å². The van der Waals surface area contributed by atoms with Crippen molar-refractivity contribution >= 4 is 22.6 Å². The van der Waals surface area contributed by atoms with Crippen molar-refractivity contribution in [1.82, 2.24) is 0 Å². The maximum Gasteiger partial charge on any atom is 0.199 e. The molecule has 1 N–H and O–H groups in total. The molecule has 1 unspecified atom stereocenters. The Kier molecular flexibility index (Phi) is 3.91. The van der Waals surface area contributed by atoms with Gasteiger partial charge in [-0.05, 0) is 54.0 Å². The van der Waals surface area contributed by atoms with Crippen LogP contribution in [0, 0.1) is 10.5 Å². The van der Waals surface area contributed by atoms with Gasteiger partial charge in [0.15, 0.2) is 6.29 Å². The third kappa shape index (κ3) is 2.60. The first-order valence-electron chi connectivity index (χ1n) is 5.45. The van der Waals surface area contributed by atoms with Crippen LogP contribution in [0.2, 0.25) is 0 Å². The minimum absolute atomic E-state index is 0.164. The normalized spacial score (nSPS) is 20.8. The van der Waals surface area contributed by atoms with E-state index in [1.165, 1.54) is 0 Å². The van der Waals surface area contributed by atoms with Crippen LogP contribution in [-0.2, 0) is 4.74 Å². The van der Waals surface area contributed by atoms with Gasteiger partial charge in [0.1, 0.15) is 11.5 Å². The lowest BCUT2D eigenvalue weighted by atomic mass is 10.2. The van der Waals surface area contributed by atoms with Crippen LogP contribution < -0.4 is 4.74 Å². The van der Waals surface area contributed by atoms with Crippen LogP contribution in [-0.4, -0.2) is 18.0 Å². The summed E-state index contributed by atoms with van der Waals surface area (Å²) >= 11 is 2.10. The Bertz CT molecular complexity index is 373. The zero-order chi connectivity index (χ0) is 11.5. The summed E-state index contributed by atoms with van der Waals surface area (Å²) in [6.45, 7) is 2.73. The van der Waals surface area contributed by atoms with Crippen LogP contribution in [0.25, 0.3) is 0 Å². The molecule has 0 spiro atoms. The van der Waals surface area contributed by atoms with Gasteiger partial charge < -0.3 is 14.6 Å². The standard InChI is InChI=1S/C12H15IO3/c1-8-5-6-9(14)11(13)12(8)16-10-4-2-3-7-15-10/h5-6,10,14H,2-4,7H2,1H3. The number of hydrogen-bond donors (Lipinski definition) is 1. The second-order valence-electron chi connectivity index (χ2n) is 3.96. The lowest BCUT2D eigenvalue weighted by molar-refractivity contribution is -0.106. The van der Waals surface area contributed by atoms with Gasteiger partial charge in [-0.15, -0.1) is 0 Å². The van der Waals surface area contributed by atoms with Crippen LogP contribution in [0.15, 0.2) is 12.1 Å². The van der Waals surface area contributed by atoms with Crippen molar-refractivity contribution in [1.29, 1.82) is 0 Å². The highest BCUT2D eigenvalue weighted by Crippen LogP contribution is 2.34. The van der Waals surface area contributed by atoms with E-state index in [0.717, 1.165) is 40.8 Å². The summed E-state index contributed by atoms with van der Waals surface area (Å²) in [6, 6.07) is 3.54. The Balaban J connectivity index is 2.16. The summed E-state index contributed by atoms with van der Waals surface area (Å²) in [5.41, 5.74) is 1.02. The van der Waals surface area contributed by atoms with Crippen LogP contribution in [0.5, 0.6) is 11.5 Å². The van der Waals surface area contributed by atoms with E-state index in [0.29, 0.717) is 0 Å². The Labute approximate surface area is 109 Å². The fourth-order valence-corrected chi connectivity index (χ4v) is 2.45. The highest BCUT2D eigenvalue weighted by atomic mass is 127. The van der Waals surface area contributed by atoms with E-state index in [-0.39, 0.29) is 12.0 Å². The predicted molar refractivity (Wildman–Crippen MR) is 69.8 cm³/mol. The van der Waals surface area contributed by atoms with Crippen molar-refractivity contribution < 1.29 is 14.6 Å². The zero-order valence-corrected chi connectivity index (χ0v) is 11.4. The number of aryl methyl sites for hydroxylation is 1. The third-order valence-electron chi connectivity index (χ3n) is 2.66. The lowest BCUT2D eigenvalue weighted by Crippen LogP contribution is -2.25. The fourth-order valence-electron chi connectivity index (χ4n) is 1.72. The van der Waals surface area contributed by atoms with E-state index < -0.39 is 0 Å². The SMILES string of the molecule is Cc1ccc(O)c(I)c1OC1CCCCO1. The summed E-state index contributed by atoms with van der Waals surface area (Å²) in [6.07, 6.45) is 3.00. The molecule has 0 amide bonds. The molecule has 1 aliphatic heterocycles. The van der Waals surface area contributed by atoms with E-state index in [2.05, 4.69) is 22.6 Å². The minimum Gasteiger partial charge on any atom is -0.507 e. The summed E-state index contributed by atoms with van der Waals surface area (Å²) in [5.74, 6) is 1.00.